The van der Waals surface area contributed by atoms with E-state index in [0.717, 1.165) is 14.0 Å². The van der Waals surface area contributed by atoms with Crippen molar-refractivity contribution < 1.29 is 9.59 Å². The molecule has 0 fully saturated rings. The number of nitrogens with one attached hydrogen (secondary N) is 3. The fraction of sp³-hybridized carbons (Fsp3) is 0.280. The summed E-state index contributed by atoms with van der Waals surface area (Å²) in [5, 5.41) is 6.00. The van der Waals surface area contributed by atoms with Crippen molar-refractivity contribution in [3.8, 4) is 10.6 Å². The van der Waals surface area contributed by atoms with Crippen LogP contribution in [0, 0.1) is 8.99 Å². The van der Waals surface area contributed by atoms with E-state index in [0.29, 0.717) is 33.8 Å². The van der Waals surface area contributed by atoms with Gasteiger partial charge in [-0.15, -0.1) is 11.3 Å². The molecule has 4 rings (SSSR count). The van der Waals surface area contributed by atoms with Crippen molar-refractivity contribution in [1.82, 2.24) is 25.6 Å². The van der Waals surface area contributed by atoms with Gasteiger partial charge in [-0.05, 0) is 64.8 Å². The molecule has 3 N–H and O–H groups in total. The molecule has 0 saturated carbocycles. The minimum absolute atomic E-state index is 0.0148. The first-order chi connectivity index (χ1) is 16.1. The van der Waals surface area contributed by atoms with Gasteiger partial charge in [-0.25, -0.2) is 9.97 Å². The number of nitrogens with zero attached hydrogens (tertiary/aromatic N) is 2. The molecule has 176 valence electrons. The van der Waals surface area contributed by atoms with Gasteiger partial charge in [0.25, 0.3) is 11.8 Å². The fourth-order valence-electron chi connectivity index (χ4n) is 3.14. The monoisotopic (exact) mass is 587 g/mol. The molecular formula is C25H26IN5O2S. The number of carbonyl (C=O) groups excluding carboxylic acids is 2. The lowest BCUT2D eigenvalue weighted by atomic mass is 9.88. The van der Waals surface area contributed by atoms with Crippen LogP contribution in [0.15, 0.2) is 48.8 Å². The average molecular weight is 587 g/mol. The van der Waals surface area contributed by atoms with E-state index >= 15 is 0 Å². The van der Waals surface area contributed by atoms with E-state index in [4.69, 9.17) is 4.98 Å². The Balaban J connectivity index is 1.51. The summed E-state index contributed by atoms with van der Waals surface area (Å²) in [6.07, 6.45) is 3.29. The predicted molar refractivity (Wildman–Crippen MR) is 144 cm³/mol. The third-order valence-electron chi connectivity index (χ3n) is 5.72. The largest absolute Gasteiger partial charge is 0.349 e. The molecule has 3 heterocycles. The van der Waals surface area contributed by atoms with E-state index in [2.05, 4.69) is 64.0 Å². The van der Waals surface area contributed by atoms with E-state index in [-0.39, 0.29) is 23.3 Å². The summed E-state index contributed by atoms with van der Waals surface area (Å²) in [6.45, 7) is 8.69. The number of thiophene rings is 1. The summed E-state index contributed by atoms with van der Waals surface area (Å²) in [4.78, 5) is 39.1. The Morgan fingerprint density at radius 2 is 1.85 bits per heavy atom. The Labute approximate surface area is 215 Å². The summed E-state index contributed by atoms with van der Waals surface area (Å²) in [5.74, 6) is -0.330. The van der Waals surface area contributed by atoms with Crippen LogP contribution in [0.5, 0.6) is 0 Å². The van der Waals surface area contributed by atoms with Gasteiger partial charge in [-0.2, -0.15) is 0 Å². The second kappa shape index (κ2) is 9.83. The van der Waals surface area contributed by atoms with E-state index in [1.807, 2.05) is 37.3 Å². The van der Waals surface area contributed by atoms with Crippen molar-refractivity contribution in [2.45, 2.75) is 40.3 Å². The summed E-state index contributed by atoms with van der Waals surface area (Å²) < 4.78 is 1.15. The van der Waals surface area contributed by atoms with Crippen molar-refractivity contribution in [3.63, 3.8) is 0 Å². The third kappa shape index (κ3) is 5.47. The SMILES string of the molecule is C[C@H](NC(=O)c1c[nH]c2ncc(-c3ccc(C(=O)NCc4ccc(I)cc4)s3)nc12)C(C)(C)C. The highest BCUT2D eigenvalue weighted by Crippen LogP contribution is 2.28. The van der Waals surface area contributed by atoms with Gasteiger partial charge < -0.3 is 15.6 Å². The van der Waals surface area contributed by atoms with Gasteiger partial charge in [-0.3, -0.25) is 9.59 Å². The standard InChI is InChI=1S/C25H26IN5O2S/c1-14(25(2,3)4)30-23(32)17-12-27-22-21(17)31-18(13-28-22)19-9-10-20(34-19)24(33)29-11-15-5-7-16(26)8-6-15/h5-10,12-14H,11H2,1-4H3,(H,27,28)(H,29,33)(H,30,32)/t14-/m0/s1. The number of amides is 2. The fourth-order valence-corrected chi connectivity index (χ4v) is 4.38. The maximum Gasteiger partial charge on any atom is 0.261 e. The van der Waals surface area contributed by atoms with Gasteiger partial charge in [0.1, 0.15) is 5.52 Å². The smallest absolute Gasteiger partial charge is 0.261 e. The minimum atomic E-state index is -0.193. The summed E-state index contributed by atoms with van der Waals surface area (Å²) in [7, 11) is 0. The molecule has 4 aromatic rings. The lowest BCUT2D eigenvalue weighted by molar-refractivity contribution is 0.0910. The van der Waals surface area contributed by atoms with Gasteiger partial charge in [-0.1, -0.05) is 32.9 Å². The Morgan fingerprint density at radius 3 is 2.56 bits per heavy atom. The number of aromatic amines is 1. The normalized spacial score (nSPS) is 12.5. The molecule has 0 unspecified atom stereocenters. The number of halogens is 1. The molecule has 2 amide bonds. The minimum Gasteiger partial charge on any atom is -0.349 e. The molecule has 9 heteroatoms. The van der Waals surface area contributed by atoms with Gasteiger partial charge in [0, 0.05) is 22.4 Å². The molecule has 0 radical (unpaired) electrons. The number of fused-ring (bicyclic) bond motifs is 1. The van der Waals surface area contributed by atoms with E-state index in [9.17, 15) is 9.59 Å². The predicted octanol–water partition coefficient (Wildman–Crippen LogP) is 5.39. The van der Waals surface area contributed by atoms with E-state index in [1.54, 1.807) is 18.5 Å². The number of hydrogen-bond donors (Lipinski definition) is 3. The highest BCUT2D eigenvalue weighted by atomic mass is 127. The van der Waals surface area contributed by atoms with E-state index in [1.165, 1.54) is 11.3 Å². The van der Waals surface area contributed by atoms with Crippen LogP contribution in [0.1, 0.15) is 53.3 Å². The molecule has 1 aromatic carbocycles. The first kappa shape index (κ1) is 24.3. The average Bonchev–Trinajstić information content (AvgIpc) is 3.45. The molecule has 0 saturated heterocycles. The van der Waals surface area contributed by atoms with Gasteiger partial charge in [0.2, 0.25) is 0 Å². The quantitative estimate of drug-likeness (QED) is 0.264. The number of hydrogen-bond acceptors (Lipinski definition) is 5. The molecule has 0 bridgehead atoms. The first-order valence-electron chi connectivity index (χ1n) is 10.9. The second-order valence-electron chi connectivity index (χ2n) is 9.19. The molecule has 0 aliphatic rings. The van der Waals surface area contributed by atoms with Crippen LogP contribution < -0.4 is 10.6 Å². The third-order valence-corrected chi connectivity index (χ3v) is 7.55. The number of rotatable bonds is 6. The van der Waals surface area contributed by atoms with Gasteiger partial charge in [0.15, 0.2) is 5.65 Å². The molecular weight excluding hydrogens is 561 g/mol. The van der Waals surface area contributed by atoms with Crippen molar-refractivity contribution in [1.29, 1.82) is 0 Å². The zero-order valence-electron chi connectivity index (χ0n) is 19.4. The maximum atomic E-state index is 12.9. The number of benzene rings is 1. The molecule has 0 aliphatic carbocycles. The van der Waals surface area contributed by atoms with E-state index < -0.39 is 0 Å². The van der Waals surface area contributed by atoms with Crippen LogP contribution >= 0.6 is 33.9 Å². The van der Waals surface area contributed by atoms with Crippen molar-refractivity contribution >= 4 is 56.9 Å². The summed E-state index contributed by atoms with van der Waals surface area (Å²) in [5.41, 5.74) is 3.10. The lowest BCUT2D eigenvalue weighted by Gasteiger charge is -2.27. The Bertz CT molecular complexity index is 1340. The summed E-state index contributed by atoms with van der Waals surface area (Å²) >= 11 is 3.60. The zero-order chi connectivity index (χ0) is 24.5. The Kier molecular flexibility index (Phi) is 7.04. The van der Waals surface area contributed by atoms with Crippen molar-refractivity contribution in [3.05, 3.63) is 68.4 Å². The van der Waals surface area contributed by atoms with Crippen molar-refractivity contribution in [2.24, 2.45) is 5.41 Å². The zero-order valence-corrected chi connectivity index (χ0v) is 22.4. The van der Waals surface area contributed by atoms with Crippen LogP contribution in [-0.2, 0) is 6.54 Å². The number of H-pyrrole nitrogens is 1. The van der Waals surface area contributed by atoms with Crippen LogP contribution in [0.4, 0.5) is 0 Å². The van der Waals surface area contributed by atoms with Crippen LogP contribution in [0.25, 0.3) is 21.7 Å². The topological polar surface area (TPSA) is 99.8 Å². The van der Waals surface area contributed by atoms with Gasteiger partial charge >= 0.3 is 0 Å². The lowest BCUT2D eigenvalue weighted by Crippen LogP contribution is -2.41. The first-order valence-corrected chi connectivity index (χ1v) is 12.8. The maximum absolute atomic E-state index is 12.9. The van der Waals surface area contributed by atoms with Crippen LogP contribution in [0.2, 0.25) is 0 Å². The highest BCUT2D eigenvalue weighted by molar-refractivity contribution is 14.1. The second-order valence-corrected chi connectivity index (χ2v) is 11.5. The number of carbonyl (C=O) groups is 2. The molecule has 0 aliphatic heterocycles. The van der Waals surface area contributed by atoms with Crippen LogP contribution in [0.3, 0.4) is 0 Å². The molecule has 7 nitrogen and oxygen atoms in total. The molecule has 34 heavy (non-hydrogen) atoms. The Morgan fingerprint density at radius 1 is 1.12 bits per heavy atom. The summed E-state index contributed by atoms with van der Waals surface area (Å²) in [6, 6.07) is 11.6. The number of aromatic nitrogens is 3. The Hall–Kier alpha value is -2.79. The van der Waals surface area contributed by atoms with Crippen molar-refractivity contribution in [2.75, 3.05) is 0 Å². The molecule has 0 spiro atoms. The molecule has 1 atom stereocenters. The van der Waals surface area contributed by atoms with Gasteiger partial charge in [0.05, 0.1) is 27.2 Å². The molecule has 3 aromatic heterocycles. The highest BCUT2D eigenvalue weighted by Gasteiger charge is 2.24. The van der Waals surface area contributed by atoms with Crippen LogP contribution in [-0.4, -0.2) is 32.8 Å².